The summed E-state index contributed by atoms with van der Waals surface area (Å²) < 4.78 is 22.9. The molecule has 1 N–H and O–H groups in total. The largest absolute Gasteiger partial charge is 0.497 e. The second-order valence-corrected chi connectivity index (χ2v) is 6.01. The molecule has 0 amide bonds. The molecule has 1 atom stereocenters. The number of rotatable bonds is 5. The van der Waals surface area contributed by atoms with E-state index < -0.39 is 10.8 Å². The number of aromatic amines is 1. The highest BCUT2D eigenvalue weighted by Crippen LogP contribution is 2.24. The van der Waals surface area contributed by atoms with Gasteiger partial charge in [0.1, 0.15) is 11.5 Å². The topological polar surface area (TPSA) is 77.1 Å². The van der Waals surface area contributed by atoms with Crippen molar-refractivity contribution >= 4 is 21.8 Å². The van der Waals surface area contributed by atoms with Crippen LogP contribution in [-0.2, 0) is 16.6 Å². The molecule has 114 valence electrons. The summed E-state index contributed by atoms with van der Waals surface area (Å²) in [6.07, 6.45) is 3.32. The zero-order chi connectivity index (χ0) is 15.5. The van der Waals surface area contributed by atoms with Crippen LogP contribution in [0.2, 0.25) is 0 Å². The first kappa shape index (κ1) is 14.5. The third-order valence-corrected chi connectivity index (χ3v) is 4.41. The Bertz CT molecular complexity index is 777. The molecule has 0 fully saturated rings. The molecule has 0 aliphatic heterocycles. The predicted molar refractivity (Wildman–Crippen MR) is 83.5 cm³/mol. The van der Waals surface area contributed by atoms with E-state index in [1.54, 1.807) is 38.7 Å². The number of nitrogens with zero attached hydrogens (tertiary/aromatic N) is 2. The van der Waals surface area contributed by atoms with Crippen molar-refractivity contribution in [3.05, 3.63) is 42.2 Å². The van der Waals surface area contributed by atoms with Crippen LogP contribution in [0.4, 0.5) is 0 Å². The summed E-state index contributed by atoms with van der Waals surface area (Å²) >= 11 is 0. The zero-order valence-corrected chi connectivity index (χ0v) is 13.0. The van der Waals surface area contributed by atoms with E-state index in [0.29, 0.717) is 22.4 Å². The molecule has 2 heterocycles. The summed E-state index contributed by atoms with van der Waals surface area (Å²) in [4.78, 5) is 11.4. The number of pyridine rings is 1. The number of benzene rings is 1. The Hall–Kier alpha value is -2.41. The van der Waals surface area contributed by atoms with Crippen LogP contribution in [0.1, 0.15) is 5.56 Å². The van der Waals surface area contributed by atoms with Gasteiger partial charge in [-0.05, 0) is 23.8 Å². The summed E-state index contributed by atoms with van der Waals surface area (Å²) in [7, 11) is 1.88. The van der Waals surface area contributed by atoms with Gasteiger partial charge >= 0.3 is 0 Å². The lowest BCUT2D eigenvalue weighted by Crippen LogP contribution is -1.99. The molecule has 0 aliphatic carbocycles. The van der Waals surface area contributed by atoms with Gasteiger partial charge in [-0.3, -0.25) is 9.19 Å². The minimum absolute atomic E-state index is 0.320. The molecular formula is C15H15N3O3S. The first-order valence-electron chi connectivity index (χ1n) is 6.59. The SMILES string of the molecule is COc1cc(CS(=O)c2nc3ccncc3[nH]2)cc(OC)c1. The van der Waals surface area contributed by atoms with Gasteiger partial charge in [0.25, 0.3) is 0 Å². The van der Waals surface area contributed by atoms with Crippen LogP contribution in [0.15, 0.2) is 41.8 Å². The molecule has 6 nitrogen and oxygen atoms in total. The van der Waals surface area contributed by atoms with Crippen molar-refractivity contribution in [1.82, 2.24) is 15.0 Å². The Morgan fingerprint density at radius 3 is 2.55 bits per heavy atom. The van der Waals surface area contributed by atoms with Crippen LogP contribution in [0.25, 0.3) is 11.0 Å². The van der Waals surface area contributed by atoms with Crippen LogP contribution in [0.5, 0.6) is 11.5 Å². The van der Waals surface area contributed by atoms with E-state index in [2.05, 4.69) is 15.0 Å². The Morgan fingerprint density at radius 1 is 1.18 bits per heavy atom. The van der Waals surface area contributed by atoms with Gasteiger partial charge in [-0.25, -0.2) is 4.98 Å². The quantitative estimate of drug-likeness (QED) is 0.781. The van der Waals surface area contributed by atoms with Crippen LogP contribution in [0.3, 0.4) is 0 Å². The summed E-state index contributed by atoms with van der Waals surface area (Å²) in [5.74, 6) is 1.65. The molecule has 7 heteroatoms. The van der Waals surface area contributed by atoms with Gasteiger partial charge in [0.15, 0.2) is 5.16 Å². The third kappa shape index (κ3) is 2.94. The monoisotopic (exact) mass is 317 g/mol. The lowest BCUT2D eigenvalue weighted by molar-refractivity contribution is 0.393. The fraction of sp³-hybridized carbons (Fsp3) is 0.200. The van der Waals surface area contributed by atoms with Crippen molar-refractivity contribution in [2.24, 2.45) is 0 Å². The third-order valence-electron chi connectivity index (χ3n) is 3.19. The highest BCUT2D eigenvalue weighted by molar-refractivity contribution is 7.84. The average molecular weight is 317 g/mol. The molecule has 0 radical (unpaired) electrons. The Kier molecular flexibility index (Phi) is 4.06. The van der Waals surface area contributed by atoms with Crippen molar-refractivity contribution < 1.29 is 13.7 Å². The Labute approximate surface area is 130 Å². The van der Waals surface area contributed by atoms with Crippen LogP contribution < -0.4 is 9.47 Å². The first-order chi connectivity index (χ1) is 10.7. The summed E-state index contributed by atoms with van der Waals surface area (Å²) in [5, 5.41) is 0.435. The number of methoxy groups -OCH3 is 2. The maximum atomic E-state index is 12.5. The number of nitrogens with one attached hydrogen (secondary N) is 1. The van der Waals surface area contributed by atoms with E-state index >= 15 is 0 Å². The molecule has 3 rings (SSSR count). The summed E-state index contributed by atoms with van der Waals surface area (Å²) in [5.41, 5.74) is 2.38. The lowest BCUT2D eigenvalue weighted by Gasteiger charge is -2.07. The predicted octanol–water partition coefficient (Wildman–Crippen LogP) is 2.28. The highest BCUT2D eigenvalue weighted by Gasteiger charge is 2.12. The highest BCUT2D eigenvalue weighted by atomic mass is 32.2. The molecule has 0 saturated carbocycles. The molecule has 2 aromatic heterocycles. The van der Waals surface area contributed by atoms with Gasteiger partial charge in [-0.15, -0.1) is 0 Å². The molecule has 1 unspecified atom stereocenters. The minimum Gasteiger partial charge on any atom is -0.497 e. The number of fused-ring (bicyclic) bond motifs is 1. The summed E-state index contributed by atoms with van der Waals surface area (Å²) in [6.45, 7) is 0. The van der Waals surface area contributed by atoms with Crippen LogP contribution >= 0.6 is 0 Å². The zero-order valence-electron chi connectivity index (χ0n) is 12.2. The Morgan fingerprint density at radius 2 is 1.91 bits per heavy atom. The molecule has 22 heavy (non-hydrogen) atoms. The number of ether oxygens (including phenoxy) is 2. The minimum atomic E-state index is -1.29. The molecule has 0 saturated heterocycles. The van der Waals surface area contributed by atoms with Gasteiger partial charge < -0.3 is 14.5 Å². The van der Waals surface area contributed by atoms with Crippen molar-refractivity contribution in [2.45, 2.75) is 10.9 Å². The normalized spacial score (nSPS) is 12.3. The van der Waals surface area contributed by atoms with Gasteiger partial charge in [0.2, 0.25) is 0 Å². The maximum absolute atomic E-state index is 12.5. The fourth-order valence-electron chi connectivity index (χ4n) is 2.11. The fourth-order valence-corrected chi connectivity index (χ4v) is 3.14. The van der Waals surface area contributed by atoms with E-state index in [1.807, 2.05) is 12.1 Å². The van der Waals surface area contributed by atoms with Crippen molar-refractivity contribution in [3.63, 3.8) is 0 Å². The van der Waals surface area contributed by atoms with Crippen molar-refractivity contribution in [2.75, 3.05) is 14.2 Å². The van der Waals surface area contributed by atoms with Gasteiger partial charge in [0, 0.05) is 12.3 Å². The number of aromatic nitrogens is 3. The number of hydrogen-bond donors (Lipinski definition) is 1. The van der Waals surface area contributed by atoms with Crippen LogP contribution in [-0.4, -0.2) is 33.4 Å². The van der Waals surface area contributed by atoms with Gasteiger partial charge in [-0.2, -0.15) is 0 Å². The first-order valence-corrected chi connectivity index (χ1v) is 7.91. The van der Waals surface area contributed by atoms with E-state index in [9.17, 15) is 4.21 Å². The maximum Gasteiger partial charge on any atom is 0.197 e. The van der Waals surface area contributed by atoms with Crippen molar-refractivity contribution in [3.8, 4) is 11.5 Å². The van der Waals surface area contributed by atoms with E-state index in [0.717, 1.165) is 16.6 Å². The molecule has 0 spiro atoms. The van der Waals surface area contributed by atoms with Crippen LogP contribution in [0, 0.1) is 0 Å². The Balaban J connectivity index is 1.87. The lowest BCUT2D eigenvalue weighted by atomic mass is 10.2. The molecule has 0 bridgehead atoms. The second-order valence-electron chi connectivity index (χ2n) is 4.65. The summed E-state index contributed by atoms with van der Waals surface area (Å²) in [6, 6.07) is 7.23. The molecule has 1 aromatic carbocycles. The van der Waals surface area contributed by atoms with E-state index in [4.69, 9.17) is 9.47 Å². The van der Waals surface area contributed by atoms with E-state index in [1.165, 1.54) is 0 Å². The number of H-pyrrole nitrogens is 1. The second kappa shape index (κ2) is 6.15. The van der Waals surface area contributed by atoms with Crippen molar-refractivity contribution in [1.29, 1.82) is 0 Å². The molecular weight excluding hydrogens is 302 g/mol. The van der Waals surface area contributed by atoms with Gasteiger partial charge in [0.05, 0.1) is 48.0 Å². The standard InChI is InChI=1S/C15H15N3O3S/c1-20-11-5-10(6-12(7-11)21-2)9-22(19)15-17-13-3-4-16-8-14(13)18-15/h3-8H,9H2,1-2H3,(H,17,18). The van der Waals surface area contributed by atoms with E-state index in [-0.39, 0.29) is 0 Å². The number of hydrogen-bond acceptors (Lipinski definition) is 5. The molecule has 3 aromatic rings. The number of imidazole rings is 1. The average Bonchev–Trinajstić information content (AvgIpc) is 2.98. The van der Waals surface area contributed by atoms with Gasteiger partial charge in [-0.1, -0.05) is 0 Å². The smallest absolute Gasteiger partial charge is 0.197 e. The molecule has 0 aliphatic rings.